The molecule has 0 saturated heterocycles. The van der Waals surface area contributed by atoms with Crippen molar-refractivity contribution in [2.75, 3.05) is 0 Å². The van der Waals surface area contributed by atoms with Crippen LogP contribution in [-0.4, -0.2) is 5.78 Å². The van der Waals surface area contributed by atoms with E-state index in [9.17, 15) is 4.79 Å². The Labute approximate surface area is 75.2 Å². The van der Waals surface area contributed by atoms with Crippen molar-refractivity contribution in [3.63, 3.8) is 0 Å². The summed E-state index contributed by atoms with van der Waals surface area (Å²) < 4.78 is 0. The topological polar surface area (TPSA) is 17.1 Å². The van der Waals surface area contributed by atoms with Gasteiger partial charge in [0.15, 0.2) is 0 Å². The lowest BCUT2D eigenvalue weighted by atomic mass is 10.1. The van der Waals surface area contributed by atoms with E-state index in [2.05, 4.69) is 13.5 Å². The van der Waals surface area contributed by atoms with E-state index >= 15 is 0 Å². The molecule has 0 spiro atoms. The molecule has 0 aliphatic carbocycles. The van der Waals surface area contributed by atoms with E-state index in [0.717, 1.165) is 19.3 Å². The summed E-state index contributed by atoms with van der Waals surface area (Å²) in [5, 5.41) is 0. The fourth-order valence-corrected chi connectivity index (χ4v) is 0.970. The number of unbranched alkanes of at least 4 members (excludes halogenated alkanes) is 2. The van der Waals surface area contributed by atoms with Crippen LogP contribution in [0.5, 0.6) is 0 Å². The molecule has 0 aliphatic rings. The van der Waals surface area contributed by atoms with Gasteiger partial charge in [-0.3, -0.25) is 4.79 Å². The van der Waals surface area contributed by atoms with E-state index in [1.165, 1.54) is 6.42 Å². The number of carbonyl (C=O) groups excluding carboxylic acids is 1. The molecule has 0 bridgehead atoms. The summed E-state index contributed by atoms with van der Waals surface area (Å²) in [5.74, 6) is 0.335. The highest BCUT2D eigenvalue weighted by molar-refractivity contribution is 5.79. The minimum absolute atomic E-state index is 0.335. The third kappa shape index (κ3) is 7.26. The van der Waals surface area contributed by atoms with Gasteiger partial charge in [-0.1, -0.05) is 44.6 Å². The van der Waals surface area contributed by atoms with Crippen molar-refractivity contribution in [1.29, 1.82) is 0 Å². The molecule has 0 radical (unpaired) electrons. The molecule has 12 heavy (non-hydrogen) atoms. The first-order valence-corrected chi connectivity index (χ1v) is 4.60. The van der Waals surface area contributed by atoms with Gasteiger partial charge in [0, 0.05) is 12.8 Å². The molecule has 0 aromatic carbocycles. The fourth-order valence-electron chi connectivity index (χ4n) is 0.970. The van der Waals surface area contributed by atoms with Crippen LogP contribution in [0, 0.1) is 0 Å². The Morgan fingerprint density at radius 3 is 2.75 bits per heavy atom. The molecule has 1 heteroatoms. The zero-order chi connectivity index (χ0) is 9.23. The number of hydrogen-bond acceptors (Lipinski definition) is 1. The van der Waals surface area contributed by atoms with Gasteiger partial charge in [0.2, 0.25) is 0 Å². The van der Waals surface area contributed by atoms with Crippen molar-refractivity contribution in [2.24, 2.45) is 0 Å². The van der Waals surface area contributed by atoms with Crippen molar-refractivity contribution in [3.05, 3.63) is 24.8 Å². The number of ketones is 1. The summed E-state index contributed by atoms with van der Waals surface area (Å²) >= 11 is 0. The largest absolute Gasteiger partial charge is 0.299 e. The van der Waals surface area contributed by atoms with Crippen molar-refractivity contribution < 1.29 is 4.79 Å². The Bertz CT molecular complexity index is 156. The van der Waals surface area contributed by atoms with Crippen LogP contribution in [0.4, 0.5) is 0 Å². The Morgan fingerprint density at radius 1 is 1.42 bits per heavy atom. The lowest BCUT2D eigenvalue weighted by Gasteiger charge is -1.95. The molecule has 0 aromatic heterocycles. The quantitative estimate of drug-likeness (QED) is 0.419. The molecular weight excluding hydrogens is 148 g/mol. The van der Waals surface area contributed by atoms with E-state index < -0.39 is 0 Å². The second kappa shape index (κ2) is 8.25. The summed E-state index contributed by atoms with van der Waals surface area (Å²) in [6, 6.07) is 0. The van der Waals surface area contributed by atoms with E-state index in [4.69, 9.17) is 0 Å². The third-order valence-electron chi connectivity index (χ3n) is 1.68. The summed E-state index contributed by atoms with van der Waals surface area (Å²) in [5.41, 5.74) is 0. The van der Waals surface area contributed by atoms with E-state index in [1.807, 2.05) is 12.2 Å². The Kier molecular flexibility index (Phi) is 7.66. The lowest BCUT2D eigenvalue weighted by Crippen LogP contribution is -1.94. The predicted molar refractivity (Wildman–Crippen MR) is 53.1 cm³/mol. The number of Topliss-reactive ketones (excluding diaryl/α,β-unsaturated/α-hetero) is 1. The molecule has 0 aromatic rings. The van der Waals surface area contributed by atoms with E-state index in [-0.39, 0.29) is 0 Å². The van der Waals surface area contributed by atoms with Gasteiger partial charge in [-0.2, -0.15) is 0 Å². The molecule has 0 saturated carbocycles. The first-order chi connectivity index (χ1) is 5.81. The van der Waals surface area contributed by atoms with Crippen LogP contribution < -0.4 is 0 Å². The van der Waals surface area contributed by atoms with Crippen LogP contribution in [0.15, 0.2) is 24.8 Å². The number of allylic oxidation sites excluding steroid dienone is 3. The number of rotatable bonds is 7. The first kappa shape index (κ1) is 11.2. The number of hydrogen-bond donors (Lipinski definition) is 0. The van der Waals surface area contributed by atoms with Crippen molar-refractivity contribution in [3.8, 4) is 0 Å². The van der Waals surface area contributed by atoms with Crippen LogP contribution in [0.1, 0.15) is 39.0 Å². The molecule has 0 rings (SSSR count). The molecule has 0 fully saturated rings. The summed E-state index contributed by atoms with van der Waals surface area (Å²) in [6.07, 6.45) is 10.0. The average Bonchev–Trinajstić information content (AvgIpc) is 2.06. The smallest absolute Gasteiger partial charge is 0.136 e. The van der Waals surface area contributed by atoms with Gasteiger partial charge in [-0.15, -0.1) is 0 Å². The summed E-state index contributed by atoms with van der Waals surface area (Å²) in [6.45, 7) is 5.68. The molecule has 1 nitrogen and oxygen atoms in total. The molecule has 0 heterocycles. The average molecular weight is 166 g/mol. The van der Waals surface area contributed by atoms with Gasteiger partial charge in [0.25, 0.3) is 0 Å². The normalized spacial score (nSPS) is 10.4. The van der Waals surface area contributed by atoms with Crippen molar-refractivity contribution in [2.45, 2.75) is 39.0 Å². The van der Waals surface area contributed by atoms with Crippen LogP contribution in [0.3, 0.4) is 0 Å². The first-order valence-electron chi connectivity index (χ1n) is 4.60. The standard InChI is InChI=1S/C11H18O/c1-3-5-7-9-11(12)10-8-6-4-2/h3,5,7H,1,4,6,8-10H2,2H3/b7-5+. The van der Waals surface area contributed by atoms with Gasteiger partial charge in [0.1, 0.15) is 5.78 Å². The van der Waals surface area contributed by atoms with Crippen molar-refractivity contribution >= 4 is 5.78 Å². The molecule has 0 aliphatic heterocycles. The van der Waals surface area contributed by atoms with Crippen LogP contribution in [0.2, 0.25) is 0 Å². The third-order valence-corrected chi connectivity index (χ3v) is 1.68. The van der Waals surface area contributed by atoms with Crippen LogP contribution >= 0.6 is 0 Å². The Morgan fingerprint density at radius 2 is 2.17 bits per heavy atom. The molecule has 0 N–H and O–H groups in total. The predicted octanol–water partition coefficient (Wildman–Crippen LogP) is 3.27. The monoisotopic (exact) mass is 166 g/mol. The maximum atomic E-state index is 11.1. The molecular formula is C11H18O. The summed E-state index contributed by atoms with van der Waals surface area (Å²) in [7, 11) is 0. The minimum atomic E-state index is 0.335. The van der Waals surface area contributed by atoms with E-state index in [1.54, 1.807) is 6.08 Å². The second-order valence-corrected chi connectivity index (χ2v) is 2.86. The maximum Gasteiger partial charge on any atom is 0.136 e. The Hall–Kier alpha value is -0.850. The minimum Gasteiger partial charge on any atom is -0.299 e. The van der Waals surface area contributed by atoms with Gasteiger partial charge in [-0.05, 0) is 6.42 Å². The highest BCUT2D eigenvalue weighted by atomic mass is 16.1. The van der Waals surface area contributed by atoms with Gasteiger partial charge in [-0.25, -0.2) is 0 Å². The van der Waals surface area contributed by atoms with Gasteiger partial charge in [0.05, 0.1) is 0 Å². The lowest BCUT2D eigenvalue weighted by molar-refractivity contribution is -0.118. The molecule has 68 valence electrons. The van der Waals surface area contributed by atoms with Crippen molar-refractivity contribution in [1.82, 2.24) is 0 Å². The highest BCUT2D eigenvalue weighted by Crippen LogP contribution is 2.02. The van der Waals surface area contributed by atoms with E-state index in [0.29, 0.717) is 12.2 Å². The SMILES string of the molecule is C=C/C=C/CC(=O)CCCCC. The Balaban J connectivity index is 3.33. The zero-order valence-corrected chi connectivity index (χ0v) is 7.88. The zero-order valence-electron chi connectivity index (χ0n) is 7.88. The van der Waals surface area contributed by atoms with Crippen LogP contribution in [-0.2, 0) is 4.79 Å². The highest BCUT2D eigenvalue weighted by Gasteiger charge is 1.96. The van der Waals surface area contributed by atoms with Crippen LogP contribution in [0.25, 0.3) is 0 Å². The van der Waals surface area contributed by atoms with Gasteiger partial charge >= 0.3 is 0 Å². The number of carbonyl (C=O) groups is 1. The molecule has 0 atom stereocenters. The molecule has 0 amide bonds. The maximum absolute atomic E-state index is 11.1. The second-order valence-electron chi connectivity index (χ2n) is 2.86. The molecule has 0 unspecified atom stereocenters. The fraction of sp³-hybridized carbons (Fsp3) is 0.545. The van der Waals surface area contributed by atoms with Gasteiger partial charge < -0.3 is 0 Å². The summed E-state index contributed by atoms with van der Waals surface area (Å²) in [4.78, 5) is 11.1.